The van der Waals surface area contributed by atoms with Gasteiger partial charge in [0.1, 0.15) is 35.0 Å². The van der Waals surface area contributed by atoms with Gasteiger partial charge in [0.2, 0.25) is 5.91 Å². The maximum atomic E-state index is 15.3. The lowest BCUT2D eigenvalue weighted by atomic mass is 9.90. The fourth-order valence-electron chi connectivity index (χ4n) is 5.55. The maximum absolute atomic E-state index is 15.3. The van der Waals surface area contributed by atoms with Crippen molar-refractivity contribution >= 4 is 28.7 Å². The predicted molar refractivity (Wildman–Crippen MR) is 153 cm³/mol. The number of ether oxygens (including phenoxy) is 2. The molecule has 212 valence electrons. The van der Waals surface area contributed by atoms with Crippen molar-refractivity contribution in [2.24, 2.45) is 0 Å². The first-order chi connectivity index (χ1) is 19.9. The zero-order valence-corrected chi connectivity index (χ0v) is 23.1. The third kappa shape index (κ3) is 5.32. The van der Waals surface area contributed by atoms with Crippen molar-refractivity contribution in [1.29, 1.82) is 0 Å². The van der Waals surface area contributed by atoms with E-state index < -0.39 is 5.82 Å². The summed E-state index contributed by atoms with van der Waals surface area (Å²) >= 11 is 0. The standard InChI is InChI=1S/C30H32FN7O3/c1-4-27(39)36-12-8-20(9-13-36)23-10-14-38-28(23)29(33-19-34-38)35-25-6-5-21(15-24(25)31)41-22-7-11-32-26(16-22)37-17-30(2,18-37)40-3/h4-7,10-11,14-16,19-20H,1,8-9,12-13,17-18H2,2-3H3,(H,33,34,35). The first-order valence-electron chi connectivity index (χ1n) is 13.6. The lowest BCUT2D eigenvalue weighted by molar-refractivity contribution is -0.127. The summed E-state index contributed by atoms with van der Waals surface area (Å²) in [6.07, 6.45) is 7.98. The predicted octanol–water partition coefficient (Wildman–Crippen LogP) is 4.92. The van der Waals surface area contributed by atoms with Crippen LogP contribution in [0.5, 0.6) is 11.5 Å². The number of carbonyl (C=O) groups excluding carboxylic acids is 1. The minimum Gasteiger partial charge on any atom is -0.457 e. The summed E-state index contributed by atoms with van der Waals surface area (Å²) in [5, 5.41) is 7.49. The van der Waals surface area contributed by atoms with E-state index >= 15 is 4.39 Å². The van der Waals surface area contributed by atoms with Gasteiger partial charge in [0.25, 0.3) is 0 Å². The van der Waals surface area contributed by atoms with Gasteiger partial charge in [-0.05, 0) is 61.6 Å². The number of nitrogens with zero attached hydrogens (tertiary/aromatic N) is 6. The summed E-state index contributed by atoms with van der Waals surface area (Å²) in [4.78, 5) is 24.8. The molecule has 0 spiro atoms. The topological polar surface area (TPSA) is 97.1 Å². The third-order valence-corrected chi connectivity index (χ3v) is 7.92. The van der Waals surface area contributed by atoms with Gasteiger partial charge in [-0.15, -0.1) is 0 Å². The number of fused-ring (bicyclic) bond motifs is 1. The largest absolute Gasteiger partial charge is 0.457 e. The summed E-state index contributed by atoms with van der Waals surface area (Å²) in [6.45, 7) is 8.43. The fourth-order valence-corrected chi connectivity index (χ4v) is 5.55. The normalized spacial score (nSPS) is 16.9. The van der Waals surface area contributed by atoms with E-state index in [-0.39, 0.29) is 23.1 Å². The second kappa shape index (κ2) is 10.8. The summed E-state index contributed by atoms with van der Waals surface area (Å²) in [6, 6.07) is 10.3. The third-order valence-electron chi connectivity index (χ3n) is 7.92. The van der Waals surface area contributed by atoms with Crippen LogP contribution >= 0.6 is 0 Å². The lowest BCUT2D eigenvalue weighted by Crippen LogP contribution is -2.61. The molecule has 0 aliphatic carbocycles. The van der Waals surface area contributed by atoms with Crippen LogP contribution in [0.2, 0.25) is 0 Å². The molecule has 10 nitrogen and oxygen atoms in total. The molecule has 1 N–H and O–H groups in total. The fraction of sp³-hybridized carbons (Fsp3) is 0.333. The van der Waals surface area contributed by atoms with Crippen LogP contribution < -0.4 is 15.0 Å². The molecule has 0 atom stereocenters. The van der Waals surface area contributed by atoms with E-state index in [4.69, 9.17) is 9.47 Å². The molecule has 2 aliphatic rings. The average Bonchev–Trinajstić information content (AvgIpc) is 3.42. The Morgan fingerprint density at radius 3 is 2.66 bits per heavy atom. The Bertz CT molecular complexity index is 1590. The molecule has 5 heterocycles. The highest BCUT2D eigenvalue weighted by atomic mass is 19.1. The lowest BCUT2D eigenvalue weighted by Gasteiger charge is -2.47. The zero-order chi connectivity index (χ0) is 28.6. The van der Waals surface area contributed by atoms with Gasteiger partial charge in [-0.1, -0.05) is 6.58 Å². The van der Waals surface area contributed by atoms with Gasteiger partial charge >= 0.3 is 0 Å². The number of hydrogen-bond acceptors (Lipinski definition) is 8. The van der Waals surface area contributed by atoms with Gasteiger partial charge in [0.15, 0.2) is 5.82 Å². The Balaban J connectivity index is 1.17. The molecule has 6 rings (SSSR count). The van der Waals surface area contributed by atoms with Crippen LogP contribution in [0.1, 0.15) is 31.2 Å². The van der Waals surface area contributed by atoms with E-state index in [0.717, 1.165) is 42.8 Å². The second-order valence-corrected chi connectivity index (χ2v) is 10.7. The highest BCUT2D eigenvalue weighted by Crippen LogP contribution is 2.36. The maximum Gasteiger partial charge on any atom is 0.245 e. The van der Waals surface area contributed by atoms with Crippen molar-refractivity contribution in [3.8, 4) is 11.5 Å². The van der Waals surface area contributed by atoms with Crippen molar-refractivity contribution in [3.05, 3.63) is 79.2 Å². The number of pyridine rings is 1. The van der Waals surface area contributed by atoms with Gasteiger partial charge in [0, 0.05) is 57.8 Å². The average molecular weight is 558 g/mol. The SMILES string of the molecule is C=CC(=O)N1CCC(c2ccn3ncnc(Nc4ccc(Oc5ccnc(N6CC(C)(OC)C6)c5)cc4F)c23)CC1. The summed E-state index contributed by atoms with van der Waals surface area (Å²) in [7, 11) is 1.71. The molecule has 1 aromatic carbocycles. The summed E-state index contributed by atoms with van der Waals surface area (Å²) in [5.41, 5.74) is 1.96. The van der Waals surface area contributed by atoms with Crippen molar-refractivity contribution < 1.29 is 18.7 Å². The molecule has 1 amide bonds. The molecule has 3 aromatic heterocycles. The molecule has 11 heteroatoms. The number of benzene rings is 1. The number of likely N-dealkylation sites (tertiary alicyclic amines) is 1. The van der Waals surface area contributed by atoms with Crippen LogP contribution in [-0.2, 0) is 9.53 Å². The zero-order valence-electron chi connectivity index (χ0n) is 23.1. The number of nitrogens with one attached hydrogen (secondary N) is 1. The van der Waals surface area contributed by atoms with E-state index in [9.17, 15) is 4.79 Å². The van der Waals surface area contributed by atoms with Crippen LogP contribution in [0.25, 0.3) is 5.52 Å². The monoisotopic (exact) mass is 557 g/mol. The Labute approximate surface area is 237 Å². The molecule has 0 unspecified atom stereocenters. The molecule has 2 fully saturated rings. The molecule has 0 radical (unpaired) electrons. The molecule has 4 aromatic rings. The number of carbonyl (C=O) groups is 1. The first kappa shape index (κ1) is 26.7. The molecular weight excluding hydrogens is 525 g/mol. The summed E-state index contributed by atoms with van der Waals surface area (Å²) < 4.78 is 28.5. The van der Waals surface area contributed by atoms with E-state index in [1.165, 1.54) is 18.5 Å². The Kier molecular flexibility index (Phi) is 7.04. The minimum absolute atomic E-state index is 0.0473. The van der Waals surface area contributed by atoms with Crippen LogP contribution in [0.15, 0.2) is 67.8 Å². The van der Waals surface area contributed by atoms with Crippen LogP contribution in [0, 0.1) is 5.82 Å². The van der Waals surface area contributed by atoms with Crippen LogP contribution in [-0.4, -0.2) is 69.3 Å². The summed E-state index contributed by atoms with van der Waals surface area (Å²) in [5.74, 6) is 1.93. The highest BCUT2D eigenvalue weighted by Gasteiger charge is 2.39. The number of amides is 1. The van der Waals surface area contributed by atoms with Crippen LogP contribution in [0.4, 0.5) is 21.7 Å². The molecule has 0 saturated carbocycles. The number of hydrogen-bond donors (Lipinski definition) is 1. The molecule has 2 aliphatic heterocycles. The van der Waals surface area contributed by atoms with E-state index in [1.807, 2.05) is 23.2 Å². The minimum atomic E-state index is -0.475. The van der Waals surface area contributed by atoms with E-state index in [2.05, 4.69) is 38.8 Å². The number of methoxy groups -OCH3 is 1. The highest BCUT2D eigenvalue weighted by molar-refractivity contribution is 5.87. The Morgan fingerprint density at radius 1 is 1.15 bits per heavy atom. The molecule has 2 saturated heterocycles. The van der Waals surface area contributed by atoms with Crippen LogP contribution in [0.3, 0.4) is 0 Å². The van der Waals surface area contributed by atoms with E-state index in [1.54, 1.807) is 36.0 Å². The number of anilines is 3. The van der Waals surface area contributed by atoms with Crippen molar-refractivity contribution in [2.75, 3.05) is 43.5 Å². The number of piperidine rings is 1. The number of rotatable bonds is 8. The van der Waals surface area contributed by atoms with Gasteiger partial charge in [-0.25, -0.2) is 18.9 Å². The van der Waals surface area contributed by atoms with E-state index in [0.29, 0.717) is 30.4 Å². The smallest absolute Gasteiger partial charge is 0.245 e. The quantitative estimate of drug-likeness (QED) is 0.305. The Morgan fingerprint density at radius 2 is 1.93 bits per heavy atom. The van der Waals surface area contributed by atoms with Crippen molar-refractivity contribution in [2.45, 2.75) is 31.3 Å². The van der Waals surface area contributed by atoms with Gasteiger partial charge in [-0.2, -0.15) is 5.10 Å². The second-order valence-electron chi connectivity index (χ2n) is 10.7. The van der Waals surface area contributed by atoms with Crippen molar-refractivity contribution in [1.82, 2.24) is 24.5 Å². The van der Waals surface area contributed by atoms with Crippen molar-refractivity contribution in [3.63, 3.8) is 0 Å². The number of aromatic nitrogens is 4. The molecule has 41 heavy (non-hydrogen) atoms. The van der Waals surface area contributed by atoms with Gasteiger partial charge in [0.05, 0.1) is 11.3 Å². The molecule has 0 bridgehead atoms. The van der Waals surface area contributed by atoms with Gasteiger partial charge in [-0.3, -0.25) is 4.79 Å². The molecular formula is C30H32FN7O3. The number of halogens is 1. The Hall–Kier alpha value is -4.51. The first-order valence-corrected chi connectivity index (χ1v) is 13.6. The van der Waals surface area contributed by atoms with Gasteiger partial charge < -0.3 is 24.6 Å².